The Morgan fingerprint density at radius 1 is 1.20 bits per heavy atom. The van der Waals surface area contributed by atoms with Crippen LogP contribution in [0.1, 0.15) is 36.5 Å². The van der Waals surface area contributed by atoms with Gasteiger partial charge in [0.05, 0.1) is 6.54 Å². The normalized spacial score (nSPS) is 15.0. The first-order chi connectivity index (χ1) is 12.1. The lowest BCUT2D eigenvalue weighted by atomic mass is 9.99. The van der Waals surface area contributed by atoms with Crippen molar-refractivity contribution in [2.75, 3.05) is 45.2 Å². The molecule has 0 radical (unpaired) electrons. The Labute approximate surface area is 149 Å². The summed E-state index contributed by atoms with van der Waals surface area (Å²) >= 11 is 0. The number of carbonyl (C=O) groups is 2. The number of hydrogen-bond acceptors (Lipinski definition) is 4. The molecule has 1 aromatic rings. The van der Waals surface area contributed by atoms with Crippen molar-refractivity contribution in [1.29, 1.82) is 0 Å². The number of hydrogen-bond donors (Lipinski definition) is 2. The highest BCUT2D eigenvalue weighted by Crippen LogP contribution is 2.16. The molecule has 25 heavy (non-hydrogen) atoms. The average Bonchev–Trinajstić information content (AvgIpc) is 2.64. The molecule has 0 aliphatic carbocycles. The van der Waals surface area contributed by atoms with Gasteiger partial charge in [-0.1, -0.05) is 6.92 Å². The Balaban J connectivity index is 1.74. The highest BCUT2D eigenvalue weighted by molar-refractivity contribution is 5.94. The fourth-order valence-corrected chi connectivity index (χ4v) is 2.81. The average molecular weight is 347 g/mol. The summed E-state index contributed by atoms with van der Waals surface area (Å²) in [6.07, 6.45) is 2.96. The van der Waals surface area contributed by atoms with E-state index in [-0.39, 0.29) is 18.4 Å². The lowest BCUT2D eigenvalue weighted by Gasteiger charge is -2.30. The van der Waals surface area contributed by atoms with E-state index in [1.54, 1.807) is 19.2 Å². The standard InChI is InChI=1S/C19H29N3O3/c1-15-8-11-22(12-9-15)18(23)14-21-17-6-4-16(5-7-17)19(24)20-10-3-13-25-2/h4-7,15,21H,3,8-14H2,1-2H3,(H,20,24). The number of ether oxygens (including phenoxy) is 1. The van der Waals surface area contributed by atoms with Gasteiger partial charge in [-0.2, -0.15) is 0 Å². The van der Waals surface area contributed by atoms with Gasteiger partial charge >= 0.3 is 0 Å². The minimum Gasteiger partial charge on any atom is -0.385 e. The first kappa shape index (κ1) is 19.2. The molecule has 1 aliphatic heterocycles. The van der Waals surface area contributed by atoms with Crippen molar-refractivity contribution in [2.45, 2.75) is 26.2 Å². The maximum absolute atomic E-state index is 12.2. The van der Waals surface area contributed by atoms with Gasteiger partial charge in [-0.15, -0.1) is 0 Å². The number of methoxy groups -OCH3 is 1. The third kappa shape index (κ3) is 6.38. The van der Waals surface area contributed by atoms with Gasteiger partial charge in [0, 0.05) is 44.6 Å². The zero-order valence-electron chi connectivity index (χ0n) is 15.2. The number of nitrogens with zero attached hydrogens (tertiary/aromatic N) is 1. The summed E-state index contributed by atoms with van der Waals surface area (Å²) in [6, 6.07) is 7.19. The largest absolute Gasteiger partial charge is 0.385 e. The van der Waals surface area contributed by atoms with Crippen molar-refractivity contribution >= 4 is 17.5 Å². The third-order valence-electron chi connectivity index (χ3n) is 4.54. The fourth-order valence-electron chi connectivity index (χ4n) is 2.81. The number of rotatable bonds is 8. The van der Waals surface area contributed by atoms with Gasteiger partial charge in [0.1, 0.15) is 0 Å². The van der Waals surface area contributed by atoms with Crippen molar-refractivity contribution in [3.05, 3.63) is 29.8 Å². The molecule has 138 valence electrons. The molecular formula is C19H29N3O3. The SMILES string of the molecule is COCCCNC(=O)c1ccc(NCC(=O)N2CCC(C)CC2)cc1. The molecule has 0 bridgehead atoms. The van der Waals surface area contributed by atoms with E-state index in [9.17, 15) is 9.59 Å². The quantitative estimate of drug-likeness (QED) is 0.707. The molecule has 1 heterocycles. The number of amides is 2. The van der Waals surface area contributed by atoms with E-state index < -0.39 is 0 Å². The van der Waals surface area contributed by atoms with Crippen molar-refractivity contribution < 1.29 is 14.3 Å². The Bertz CT molecular complexity index is 552. The van der Waals surface area contributed by atoms with Crippen LogP contribution in [0.3, 0.4) is 0 Å². The van der Waals surface area contributed by atoms with Crippen LogP contribution in [0, 0.1) is 5.92 Å². The molecule has 2 N–H and O–H groups in total. The Kier molecular flexibility index (Phi) is 7.73. The summed E-state index contributed by atoms with van der Waals surface area (Å²) in [4.78, 5) is 26.1. The lowest BCUT2D eigenvalue weighted by molar-refractivity contribution is -0.130. The van der Waals surface area contributed by atoms with Crippen molar-refractivity contribution in [3.8, 4) is 0 Å². The summed E-state index contributed by atoms with van der Waals surface area (Å²) in [5.74, 6) is 0.748. The molecule has 1 saturated heterocycles. The number of benzene rings is 1. The molecule has 1 aliphatic rings. The first-order valence-electron chi connectivity index (χ1n) is 8.99. The van der Waals surface area contributed by atoms with E-state index in [2.05, 4.69) is 17.6 Å². The van der Waals surface area contributed by atoms with Crippen molar-refractivity contribution in [2.24, 2.45) is 5.92 Å². The number of piperidine rings is 1. The van der Waals surface area contributed by atoms with Gasteiger partial charge < -0.3 is 20.3 Å². The Morgan fingerprint density at radius 2 is 1.88 bits per heavy atom. The van der Waals surface area contributed by atoms with Gasteiger partial charge in [-0.05, 0) is 49.4 Å². The highest BCUT2D eigenvalue weighted by atomic mass is 16.5. The third-order valence-corrected chi connectivity index (χ3v) is 4.54. The second-order valence-corrected chi connectivity index (χ2v) is 6.60. The van der Waals surface area contributed by atoms with Crippen LogP contribution in [0.4, 0.5) is 5.69 Å². The zero-order chi connectivity index (χ0) is 18.1. The fraction of sp³-hybridized carbons (Fsp3) is 0.579. The minimum atomic E-state index is -0.0961. The minimum absolute atomic E-state index is 0.0961. The maximum atomic E-state index is 12.2. The number of likely N-dealkylation sites (tertiary alicyclic amines) is 1. The van der Waals surface area contributed by atoms with Gasteiger partial charge in [0.25, 0.3) is 5.91 Å². The van der Waals surface area contributed by atoms with E-state index >= 15 is 0 Å². The van der Waals surface area contributed by atoms with Crippen molar-refractivity contribution in [3.63, 3.8) is 0 Å². The van der Waals surface area contributed by atoms with Gasteiger partial charge in [-0.25, -0.2) is 0 Å². The maximum Gasteiger partial charge on any atom is 0.251 e. The topological polar surface area (TPSA) is 70.7 Å². The molecule has 2 rings (SSSR count). The molecule has 1 aromatic carbocycles. The van der Waals surface area contributed by atoms with Crippen LogP contribution >= 0.6 is 0 Å². The molecule has 0 unspecified atom stereocenters. The molecule has 0 spiro atoms. The summed E-state index contributed by atoms with van der Waals surface area (Å²) in [7, 11) is 1.64. The van der Waals surface area contributed by atoms with Crippen LogP contribution in [-0.2, 0) is 9.53 Å². The Hall–Kier alpha value is -2.08. The van der Waals surface area contributed by atoms with E-state index in [1.165, 1.54) is 0 Å². The van der Waals surface area contributed by atoms with Crippen molar-refractivity contribution in [1.82, 2.24) is 10.2 Å². The van der Waals surface area contributed by atoms with Gasteiger partial charge in [0.15, 0.2) is 0 Å². The number of nitrogens with one attached hydrogen (secondary N) is 2. The molecule has 6 heteroatoms. The summed E-state index contributed by atoms with van der Waals surface area (Å²) in [5, 5.41) is 5.99. The lowest BCUT2D eigenvalue weighted by Crippen LogP contribution is -2.40. The van der Waals surface area contributed by atoms with Crippen LogP contribution < -0.4 is 10.6 Å². The zero-order valence-corrected chi connectivity index (χ0v) is 15.2. The van der Waals surface area contributed by atoms with Crippen LogP contribution in [0.15, 0.2) is 24.3 Å². The first-order valence-corrected chi connectivity index (χ1v) is 8.99. The van der Waals surface area contributed by atoms with E-state index in [1.807, 2.05) is 17.0 Å². The molecule has 0 aromatic heterocycles. The monoisotopic (exact) mass is 347 g/mol. The smallest absolute Gasteiger partial charge is 0.251 e. The summed E-state index contributed by atoms with van der Waals surface area (Å²) in [6.45, 7) is 5.45. The van der Waals surface area contributed by atoms with E-state index in [4.69, 9.17) is 4.74 Å². The van der Waals surface area contributed by atoms with Crippen LogP contribution in [0.2, 0.25) is 0 Å². The van der Waals surface area contributed by atoms with Crippen LogP contribution in [0.5, 0.6) is 0 Å². The molecule has 1 fully saturated rings. The van der Waals surface area contributed by atoms with Gasteiger partial charge in [-0.3, -0.25) is 9.59 Å². The molecule has 0 saturated carbocycles. The highest BCUT2D eigenvalue weighted by Gasteiger charge is 2.19. The van der Waals surface area contributed by atoms with Gasteiger partial charge in [0.2, 0.25) is 5.91 Å². The van der Waals surface area contributed by atoms with Crippen LogP contribution in [0.25, 0.3) is 0 Å². The second kappa shape index (κ2) is 10.0. The predicted octanol–water partition coefficient (Wildman–Crippen LogP) is 2.12. The predicted molar refractivity (Wildman–Crippen MR) is 98.7 cm³/mol. The van der Waals surface area contributed by atoms with E-state index in [0.29, 0.717) is 24.6 Å². The summed E-state index contributed by atoms with van der Waals surface area (Å²) in [5.41, 5.74) is 1.45. The molecule has 6 nitrogen and oxygen atoms in total. The molecular weight excluding hydrogens is 318 g/mol. The number of carbonyl (C=O) groups excluding carboxylic acids is 2. The Morgan fingerprint density at radius 3 is 2.52 bits per heavy atom. The molecule has 0 atom stereocenters. The second-order valence-electron chi connectivity index (χ2n) is 6.60. The van der Waals surface area contributed by atoms with E-state index in [0.717, 1.165) is 38.0 Å². The summed E-state index contributed by atoms with van der Waals surface area (Å²) < 4.78 is 4.95. The molecule has 2 amide bonds. The van der Waals surface area contributed by atoms with Crippen LogP contribution in [-0.4, -0.2) is 56.6 Å². The number of anilines is 1.